The maximum atomic E-state index is 12.0. The van der Waals surface area contributed by atoms with Gasteiger partial charge in [0.15, 0.2) is 0 Å². The second kappa shape index (κ2) is 4.21. The summed E-state index contributed by atoms with van der Waals surface area (Å²) in [6.07, 6.45) is 2.76. The molecule has 2 aliphatic heterocycles. The molecule has 2 aliphatic rings. The first kappa shape index (κ1) is 11.4. The van der Waals surface area contributed by atoms with Crippen molar-refractivity contribution in [2.24, 2.45) is 0 Å². The average molecular weight is 268 g/mol. The summed E-state index contributed by atoms with van der Waals surface area (Å²) < 4.78 is 0. The molecule has 3 rings (SSSR count). The number of hydrogen-bond donors (Lipinski definition) is 0. The number of carbonyl (C=O) groups excluding carboxylic acids is 1. The van der Waals surface area contributed by atoms with Crippen molar-refractivity contribution in [3.8, 4) is 0 Å². The van der Waals surface area contributed by atoms with Crippen molar-refractivity contribution in [2.45, 2.75) is 24.1 Å². The number of carbonyl (C=O) groups is 1. The van der Waals surface area contributed by atoms with Crippen LogP contribution in [0.4, 0.5) is 0 Å². The number of hydrogen-bond acceptors (Lipinski definition) is 2. The number of thioether (sulfide) groups is 1. The van der Waals surface area contributed by atoms with Gasteiger partial charge in [-0.05, 0) is 30.5 Å². The summed E-state index contributed by atoms with van der Waals surface area (Å²) in [7, 11) is 0. The highest BCUT2D eigenvalue weighted by molar-refractivity contribution is 8.00. The SMILES string of the molecule is O=C1CCCC2(c3ccc(Cl)cc3)SCCN12. The maximum absolute atomic E-state index is 12.0. The topological polar surface area (TPSA) is 20.3 Å². The molecule has 2 saturated heterocycles. The first-order chi connectivity index (χ1) is 8.22. The molecule has 0 N–H and O–H groups in total. The minimum Gasteiger partial charge on any atom is -0.323 e. The van der Waals surface area contributed by atoms with Crippen LogP contribution in [-0.4, -0.2) is 23.1 Å². The minimum atomic E-state index is -0.111. The zero-order valence-corrected chi connectivity index (χ0v) is 11.1. The van der Waals surface area contributed by atoms with Crippen molar-refractivity contribution < 1.29 is 4.79 Å². The van der Waals surface area contributed by atoms with Crippen molar-refractivity contribution in [3.63, 3.8) is 0 Å². The molecular formula is C13H14ClNOS. The third-order valence-electron chi connectivity index (χ3n) is 3.59. The lowest BCUT2D eigenvalue weighted by molar-refractivity contribution is -0.137. The Bertz CT molecular complexity index is 447. The van der Waals surface area contributed by atoms with E-state index in [1.807, 2.05) is 23.9 Å². The van der Waals surface area contributed by atoms with Crippen LogP contribution in [0.1, 0.15) is 24.8 Å². The molecule has 0 aliphatic carbocycles. The summed E-state index contributed by atoms with van der Waals surface area (Å²) in [4.78, 5) is 14.0. The molecule has 0 spiro atoms. The van der Waals surface area contributed by atoms with E-state index in [1.165, 1.54) is 5.56 Å². The molecule has 4 heteroatoms. The van der Waals surface area contributed by atoms with E-state index in [0.29, 0.717) is 12.3 Å². The maximum Gasteiger partial charge on any atom is 0.223 e. The van der Waals surface area contributed by atoms with Crippen molar-refractivity contribution >= 4 is 29.3 Å². The minimum absolute atomic E-state index is 0.111. The highest BCUT2D eigenvalue weighted by Gasteiger charge is 2.47. The van der Waals surface area contributed by atoms with E-state index in [-0.39, 0.29) is 4.87 Å². The lowest BCUT2D eigenvalue weighted by atomic mass is 9.94. The van der Waals surface area contributed by atoms with Gasteiger partial charge in [-0.2, -0.15) is 0 Å². The summed E-state index contributed by atoms with van der Waals surface area (Å²) in [5.74, 6) is 1.34. The van der Waals surface area contributed by atoms with Gasteiger partial charge in [-0.1, -0.05) is 23.7 Å². The molecule has 0 radical (unpaired) electrons. The second-order valence-electron chi connectivity index (χ2n) is 4.54. The number of piperidine rings is 1. The fourth-order valence-electron chi connectivity index (χ4n) is 2.81. The summed E-state index contributed by atoms with van der Waals surface area (Å²) >= 11 is 7.83. The van der Waals surface area contributed by atoms with Gasteiger partial charge >= 0.3 is 0 Å². The molecule has 0 saturated carbocycles. The average Bonchev–Trinajstić information content (AvgIpc) is 2.76. The highest BCUT2D eigenvalue weighted by atomic mass is 35.5. The van der Waals surface area contributed by atoms with E-state index in [0.717, 1.165) is 30.2 Å². The van der Waals surface area contributed by atoms with Gasteiger partial charge in [-0.15, -0.1) is 11.8 Å². The van der Waals surface area contributed by atoms with Gasteiger partial charge in [-0.25, -0.2) is 0 Å². The standard InChI is InChI=1S/C13H14ClNOS/c14-11-5-3-10(4-6-11)13-7-1-2-12(16)15(13)8-9-17-13/h3-6H,1-2,7-9H2. The van der Waals surface area contributed by atoms with Crippen LogP contribution < -0.4 is 0 Å². The number of rotatable bonds is 1. The van der Waals surface area contributed by atoms with E-state index in [1.54, 1.807) is 0 Å². The number of amides is 1. The van der Waals surface area contributed by atoms with Gasteiger partial charge in [0.1, 0.15) is 4.87 Å². The molecule has 1 atom stereocenters. The second-order valence-corrected chi connectivity index (χ2v) is 6.35. The summed E-state index contributed by atoms with van der Waals surface area (Å²) in [6.45, 7) is 0.881. The van der Waals surface area contributed by atoms with Gasteiger partial charge in [-0.3, -0.25) is 4.79 Å². The molecule has 0 bridgehead atoms. The number of halogens is 1. The molecule has 90 valence electrons. The van der Waals surface area contributed by atoms with Crippen LogP contribution in [0.5, 0.6) is 0 Å². The number of benzene rings is 1. The molecule has 2 heterocycles. The monoisotopic (exact) mass is 267 g/mol. The number of nitrogens with zero attached hydrogens (tertiary/aromatic N) is 1. The summed E-state index contributed by atoms with van der Waals surface area (Å²) in [6, 6.07) is 7.96. The smallest absolute Gasteiger partial charge is 0.223 e. The molecule has 0 aromatic heterocycles. The predicted molar refractivity (Wildman–Crippen MR) is 71.2 cm³/mol. The normalized spacial score (nSPS) is 28.3. The van der Waals surface area contributed by atoms with E-state index in [4.69, 9.17) is 11.6 Å². The Balaban J connectivity index is 2.03. The molecule has 2 fully saturated rings. The summed E-state index contributed by atoms with van der Waals surface area (Å²) in [5.41, 5.74) is 1.22. The Morgan fingerprint density at radius 1 is 1.29 bits per heavy atom. The third-order valence-corrected chi connectivity index (χ3v) is 5.37. The van der Waals surface area contributed by atoms with Crippen molar-refractivity contribution in [1.29, 1.82) is 0 Å². The van der Waals surface area contributed by atoms with Crippen LogP contribution in [0.3, 0.4) is 0 Å². The zero-order chi connectivity index (χ0) is 11.9. The van der Waals surface area contributed by atoms with E-state index < -0.39 is 0 Å². The fourth-order valence-corrected chi connectivity index (χ4v) is 4.48. The number of fused-ring (bicyclic) bond motifs is 1. The van der Waals surface area contributed by atoms with Crippen molar-refractivity contribution in [1.82, 2.24) is 4.90 Å². The summed E-state index contributed by atoms with van der Waals surface area (Å²) in [5, 5.41) is 0.752. The molecule has 1 amide bonds. The van der Waals surface area contributed by atoms with Crippen LogP contribution in [0.15, 0.2) is 24.3 Å². The Labute approximate surface area is 110 Å². The van der Waals surface area contributed by atoms with Crippen LogP contribution in [0.2, 0.25) is 5.02 Å². The van der Waals surface area contributed by atoms with Gasteiger partial charge in [0.05, 0.1) is 0 Å². The first-order valence-corrected chi connectivity index (χ1v) is 7.29. The lowest BCUT2D eigenvalue weighted by Crippen LogP contribution is -2.46. The quantitative estimate of drug-likeness (QED) is 0.779. The van der Waals surface area contributed by atoms with Crippen LogP contribution in [0.25, 0.3) is 0 Å². The van der Waals surface area contributed by atoms with E-state index >= 15 is 0 Å². The van der Waals surface area contributed by atoms with Gasteiger partial charge < -0.3 is 4.90 Å². The zero-order valence-electron chi connectivity index (χ0n) is 9.49. The van der Waals surface area contributed by atoms with Crippen LogP contribution in [-0.2, 0) is 9.67 Å². The lowest BCUT2D eigenvalue weighted by Gasteiger charge is -2.41. The van der Waals surface area contributed by atoms with Crippen LogP contribution >= 0.6 is 23.4 Å². The Morgan fingerprint density at radius 3 is 2.82 bits per heavy atom. The van der Waals surface area contributed by atoms with E-state index in [2.05, 4.69) is 17.0 Å². The first-order valence-electron chi connectivity index (χ1n) is 5.93. The third kappa shape index (κ3) is 1.76. The molecule has 1 unspecified atom stereocenters. The predicted octanol–water partition coefficient (Wildman–Crippen LogP) is 3.25. The molecule has 1 aromatic rings. The molecule has 2 nitrogen and oxygen atoms in total. The molecular weight excluding hydrogens is 254 g/mol. The van der Waals surface area contributed by atoms with E-state index in [9.17, 15) is 4.79 Å². The van der Waals surface area contributed by atoms with Gasteiger partial charge in [0.2, 0.25) is 5.91 Å². The molecule has 17 heavy (non-hydrogen) atoms. The molecule has 1 aromatic carbocycles. The highest BCUT2D eigenvalue weighted by Crippen LogP contribution is 2.50. The van der Waals surface area contributed by atoms with Crippen LogP contribution in [0, 0.1) is 0 Å². The Hall–Kier alpha value is -0.670. The van der Waals surface area contributed by atoms with Gasteiger partial charge in [0.25, 0.3) is 0 Å². The Kier molecular flexibility index (Phi) is 2.83. The van der Waals surface area contributed by atoms with Crippen molar-refractivity contribution in [2.75, 3.05) is 12.3 Å². The largest absolute Gasteiger partial charge is 0.323 e. The van der Waals surface area contributed by atoms with Gasteiger partial charge in [0, 0.05) is 23.7 Å². The van der Waals surface area contributed by atoms with Crippen molar-refractivity contribution in [3.05, 3.63) is 34.9 Å². The fraction of sp³-hybridized carbons (Fsp3) is 0.462. The Morgan fingerprint density at radius 2 is 2.06 bits per heavy atom.